The second kappa shape index (κ2) is 6.13. The van der Waals surface area contributed by atoms with Gasteiger partial charge in [0.2, 0.25) is 10.0 Å². The van der Waals surface area contributed by atoms with E-state index in [1.807, 2.05) is 19.1 Å². The molecule has 0 aromatic heterocycles. The molecule has 1 aliphatic rings. The van der Waals surface area contributed by atoms with E-state index in [-0.39, 0.29) is 0 Å². The number of hydrogen-bond donors (Lipinski definition) is 2. The zero-order valence-corrected chi connectivity index (χ0v) is 13.3. The van der Waals surface area contributed by atoms with E-state index in [2.05, 4.69) is 10.0 Å². The normalized spacial score (nSPS) is 23.3. The largest absolute Gasteiger partial charge is 0.382 e. The summed E-state index contributed by atoms with van der Waals surface area (Å²) in [4.78, 5) is 0. The Hall–Kier alpha value is -1.08. The minimum atomic E-state index is -3.25. The summed E-state index contributed by atoms with van der Waals surface area (Å²) in [6.45, 7) is 1.87. The Morgan fingerprint density at radius 1 is 1.25 bits per heavy atom. The highest BCUT2D eigenvalue weighted by molar-refractivity contribution is 7.92. The van der Waals surface area contributed by atoms with Crippen LogP contribution in [0.25, 0.3) is 0 Å². The molecular weight excluding hydrogens is 296 g/mol. The Labute approximate surface area is 122 Å². The van der Waals surface area contributed by atoms with Crippen LogP contribution in [0.1, 0.15) is 18.4 Å². The first-order valence-electron chi connectivity index (χ1n) is 6.53. The number of anilines is 2. The number of rotatable bonds is 4. The van der Waals surface area contributed by atoms with Crippen LogP contribution >= 0.6 is 0 Å². The summed E-state index contributed by atoms with van der Waals surface area (Å²) in [5.41, 5.74) is 2.45. The molecule has 1 aromatic rings. The molecule has 2 N–H and O–H groups in total. The van der Waals surface area contributed by atoms with Gasteiger partial charge in [-0.3, -0.25) is 8.93 Å². The number of sulfonamides is 1. The first kappa shape index (κ1) is 15.3. The molecule has 1 saturated heterocycles. The number of aryl methyl sites for hydroxylation is 1. The molecule has 5 nitrogen and oxygen atoms in total. The maximum atomic E-state index is 11.3. The summed E-state index contributed by atoms with van der Waals surface area (Å²) in [7, 11) is -3.91. The monoisotopic (exact) mass is 316 g/mol. The Kier molecular flexibility index (Phi) is 4.70. The van der Waals surface area contributed by atoms with Gasteiger partial charge in [0.15, 0.2) is 0 Å². The summed E-state index contributed by atoms with van der Waals surface area (Å²) >= 11 is 0. The van der Waals surface area contributed by atoms with Gasteiger partial charge in [-0.2, -0.15) is 0 Å². The van der Waals surface area contributed by atoms with Gasteiger partial charge in [0, 0.05) is 34.0 Å². The maximum absolute atomic E-state index is 11.3. The predicted molar refractivity (Wildman–Crippen MR) is 84.2 cm³/mol. The van der Waals surface area contributed by atoms with Crippen LogP contribution in [0.2, 0.25) is 0 Å². The average Bonchev–Trinajstić information content (AvgIpc) is 2.34. The van der Waals surface area contributed by atoms with Crippen molar-refractivity contribution in [1.82, 2.24) is 0 Å². The molecule has 112 valence electrons. The van der Waals surface area contributed by atoms with Gasteiger partial charge >= 0.3 is 0 Å². The highest BCUT2D eigenvalue weighted by atomic mass is 32.2. The first-order valence-corrected chi connectivity index (χ1v) is 9.91. The van der Waals surface area contributed by atoms with E-state index >= 15 is 0 Å². The van der Waals surface area contributed by atoms with Crippen molar-refractivity contribution in [1.29, 1.82) is 0 Å². The molecule has 7 heteroatoms. The lowest BCUT2D eigenvalue weighted by atomic mass is 10.1. The van der Waals surface area contributed by atoms with Crippen LogP contribution < -0.4 is 10.0 Å². The summed E-state index contributed by atoms with van der Waals surface area (Å²) in [5.74, 6) is 1.51. The molecule has 0 atom stereocenters. The van der Waals surface area contributed by atoms with Crippen molar-refractivity contribution in [3.05, 3.63) is 23.8 Å². The molecular formula is C13H20N2O3S2. The van der Waals surface area contributed by atoms with Crippen LogP contribution in [0.5, 0.6) is 0 Å². The topological polar surface area (TPSA) is 75.3 Å². The van der Waals surface area contributed by atoms with E-state index in [0.717, 1.165) is 41.9 Å². The maximum Gasteiger partial charge on any atom is 0.229 e. The fourth-order valence-corrected chi connectivity index (χ4v) is 4.17. The molecule has 20 heavy (non-hydrogen) atoms. The quantitative estimate of drug-likeness (QED) is 0.886. The van der Waals surface area contributed by atoms with Gasteiger partial charge in [0.05, 0.1) is 11.9 Å². The van der Waals surface area contributed by atoms with Crippen LogP contribution in [0.4, 0.5) is 11.4 Å². The third-order valence-corrected chi connectivity index (χ3v) is 5.25. The van der Waals surface area contributed by atoms with Crippen molar-refractivity contribution in [3.8, 4) is 0 Å². The minimum Gasteiger partial charge on any atom is -0.382 e. The summed E-state index contributed by atoms with van der Waals surface area (Å²) < 4.78 is 36.3. The third-order valence-electron chi connectivity index (χ3n) is 3.28. The summed E-state index contributed by atoms with van der Waals surface area (Å²) in [5, 5.41) is 3.42. The molecule has 0 saturated carbocycles. The van der Waals surface area contributed by atoms with Crippen LogP contribution in [0.15, 0.2) is 18.2 Å². The fraction of sp³-hybridized carbons (Fsp3) is 0.538. The van der Waals surface area contributed by atoms with Crippen molar-refractivity contribution in [2.75, 3.05) is 27.8 Å². The molecule has 0 spiro atoms. The second-order valence-electron chi connectivity index (χ2n) is 5.17. The highest BCUT2D eigenvalue weighted by Gasteiger charge is 2.17. The zero-order chi connectivity index (χ0) is 14.8. The second-order valence-corrected chi connectivity index (χ2v) is 8.62. The lowest BCUT2D eigenvalue weighted by Gasteiger charge is -2.24. The predicted octanol–water partition coefficient (Wildman–Crippen LogP) is 1.69. The van der Waals surface area contributed by atoms with Gasteiger partial charge in [-0.05, 0) is 43.5 Å². The van der Waals surface area contributed by atoms with Crippen LogP contribution in [0.3, 0.4) is 0 Å². The standard InChI is InChI=1S/C13H20N2O3S2/c1-10-9-12(3-4-13(10)15-20(2,17)18)14-11-5-7-19(16)8-6-11/h3-4,9,11,14-15H,5-8H2,1-2H3. The Balaban J connectivity index is 2.03. The SMILES string of the molecule is Cc1cc(NC2CCS(=O)CC2)ccc1NS(C)(=O)=O. The van der Waals surface area contributed by atoms with Gasteiger partial charge in [0.25, 0.3) is 0 Å². The lowest BCUT2D eigenvalue weighted by molar-refractivity contribution is 0.606. The molecule has 1 heterocycles. The van der Waals surface area contributed by atoms with Crippen LogP contribution in [-0.4, -0.2) is 36.4 Å². The molecule has 0 unspecified atom stereocenters. The summed E-state index contributed by atoms with van der Waals surface area (Å²) in [6.07, 6.45) is 2.96. The van der Waals surface area contributed by atoms with Crippen LogP contribution in [0, 0.1) is 6.92 Å². The Morgan fingerprint density at radius 2 is 1.90 bits per heavy atom. The van der Waals surface area contributed by atoms with Gasteiger partial charge < -0.3 is 5.32 Å². The van der Waals surface area contributed by atoms with E-state index < -0.39 is 20.8 Å². The van der Waals surface area contributed by atoms with Crippen molar-refractivity contribution in [2.45, 2.75) is 25.8 Å². The Morgan fingerprint density at radius 3 is 2.45 bits per heavy atom. The van der Waals surface area contributed by atoms with Crippen molar-refractivity contribution >= 4 is 32.2 Å². The Bertz CT molecular complexity index is 604. The van der Waals surface area contributed by atoms with Crippen LogP contribution in [-0.2, 0) is 20.8 Å². The third kappa shape index (κ3) is 4.49. The fourth-order valence-electron chi connectivity index (χ4n) is 2.24. The number of benzene rings is 1. The van der Waals surface area contributed by atoms with Gasteiger partial charge in [-0.1, -0.05) is 0 Å². The molecule has 1 fully saturated rings. The van der Waals surface area contributed by atoms with E-state index in [0.29, 0.717) is 11.7 Å². The van der Waals surface area contributed by atoms with Crippen molar-refractivity contribution < 1.29 is 12.6 Å². The molecule has 0 radical (unpaired) electrons. The molecule has 2 rings (SSSR count). The van der Waals surface area contributed by atoms with E-state index in [1.54, 1.807) is 6.07 Å². The molecule has 1 aliphatic heterocycles. The van der Waals surface area contributed by atoms with Gasteiger partial charge in [-0.15, -0.1) is 0 Å². The first-order chi connectivity index (χ1) is 9.33. The average molecular weight is 316 g/mol. The number of nitrogens with one attached hydrogen (secondary N) is 2. The lowest BCUT2D eigenvalue weighted by Crippen LogP contribution is -2.29. The minimum absolute atomic E-state index is 0.348. The molecule has 1 aromatic carbocycles. The molecule has 0 aliphatic carbocycles. The van der Waals surface area contributed by atoms with Gasteiger partial charge in [0.1, 0.15) is 0 Å². The van der Waals surface area contributed by atoms with E-state index in [1.165, 1.54) is 0 Å². The van der Waals surface area contributed by atoms with Gasteiger partial charge in [-0.25, -0.2) is 8.42 Å². The molecule has 0 amide bonds. The summed E-state index contributed by atoms with van der Waals surface area (Å²) in [6, 6.07) is 5.91. The molecule has 0 bridgehead atoms. The van der Waals surface area contributed by atoms with E-state index in [9.17, 15) is 12.6 Å². The zero-order valence-electron chi connectivity index (χ0n) is 11.7. The highest BCUT2D eigenvalue weighted by Crippen LogP contribution is 2.23. The van der Waals surface area contributed by atoms with Crippen molar-refractivity contribution in [2.24, 2.45) is 0 Å². The number of hydrogen-bond acceptors (Lipinski definition) is 4. The smallest absolute Gasteiger partial charge is 0.229 e. The van der Waals surface area contributed by atoms with Crippen molar-refractivity contribution in [3.63, 3.8) is 0 Å². The van der Waals surface area contributed by atoms with E-state index in [4.69, 9.17) is 0 Å².